The lowest BCUT2D eigenvalue weighted by Gasteiger charge is -2.35. The van der Waals surface area contributed by atoms with Crippen LogP contribution in [0, 0.1) is 5.92 Å². The number of carbonyl (C=O) groups is 1. The number of para-hydroxylation sites is 1. The first-order valence-corrected chi connectivity index (χ1v) is 12.6. The van der Waals surface area contributed by atoms with Crippen molar-refractivity contribution in [2.45, 2.75) is 52.2 Å². The summed E-state index contributed by atoms with van der Waals surface area (Å²) in [6.45, 7) is 9.37. The Kier molecular flexibility index (Phi) is 7.97. The Morgan fingerprint density at radius 3 is 2.65 bits per heavy atom. The van der Waals surface area contributed by atoms with Crippen LogP contribution in [0.2, 0.25) is 0 Å². The molecule has 0 spiro atoms. The lowest BCUT2D eigenvalue weighted by atomic mass is 9.90. The summed E-state index contributed by atoms with van der Waals surface area (Å²) in [6, 6.07) is 7.91. The number of nitrogens with two attached hydrogens (primary N) is 1. The van der Waals surface area contributed by atoms with E-state index in [1.54, 1.807) is 12.0 Å². The fraction of sp³-hybridized carbons (Fsp3) is 0.481. The molecule has 3 heterocycles. The molecule has 10 nitrogen and oxygen atoms in total. The number of nitrogens with one attached hydrogen (secondary N) is 2. The Morgan fingerprint density at radius 2 is 1.95 bits per heavy atom. The zero-order valence-corrected chi connectivity index (χ0v) is 22.3. The highest BCUT2D eigenvalue weighted by Crippen LogP contribution is 2.32. The molecular formula is C27H38N6O4. The van der Waals surface area contributed by atoms with E-state index in [1.807, 2.05) is 68.2 Å². The van der Waals surface area contributed by atoms with E-state index in [0.29, 0.717) is 30.6 Å². The Morgan fingerprint density at radius 1 is 1.22 bits per heavy atom. The standard InChI is InChI=1S/C27H38N6O4/c1-18(19-10-12-32(13-11-19)26(34)37-27(2,3)4)33-16-20(15-29-33)22-14-23(30-31-25(22)28)21-8-6-7-9-24(21)36-17-35-5/h6-9,14-16,18-19,30-31H,10-13,17,28H2,1-5H3. The Bertz CT molecular complexity index is 1160. The van der Waals surface area contributed by atoms with Crippen molar-refractivity contribution >= 4 is 17.4 Å². The molecule has 1 aromatic carbocycles. The van der Waals surface area contributed by atoms with Gasteiger partial charge in [0.15, 0.2) is 6.79 Å². The van der Waals surface area contributed by atoms with E-state index >= 15 is 0 Å². The van der Waals surface area contributed by atoms with E-state index < -0.39 is 5.60 Å². The molecule has 1 unspecified atom stereocenters. The zero-order chi connectivity index (χ0) is 26.6. The molecule has 1 amide bonds. The number of aromatic nitrogens is 2. The van der Waals surface area contributed by atoms with E-state index in [1.165, 1.54) is 0 Å². The Labute approximate surface area is 218 Å². The summed E-state index contributed by atoms with van der Waals surface area (Å²) in [7, 11) is 1.59. The quantitative estimate of drug-likeness (QED) is 0.481. The lowest BCUT2D eigenvalue weighted by molar-refractivity contribution is 0.0163. The molecule has 0 bridgehead atoms. The molecular weight excluding hydrogens is 472 g/mol. The van der Waals surface area contributed by atoms with Crippen molar-refractivity contribution in [3.8, 4) is 5.75 Å². The van der Waals surface area contributed by atoms with Gasteiger partial charge < -0.3 is 24.8 Å². The molecule has 2 aromatic rings. The first-order chi connectivity index (χ1) is 17.7. The van der Waals surface area contributed by atoms with Crippen molar-refractivity contribution in [2.24, 2.45) is 11.7 Å². The highest BCUT2D eigenvalue weighted by atomic mass is 16.7. The number of nitrogens with zero attached hydrogens (tertiary/aromatic N) is 3. The third-order valence-electron chi connectivity index (χ3n) is 6.62. The number of likely N-dealkylation sites (tertiary alicyclic amines) is 1. The SMILES string of the molecule is COCOc1ccccc1C1=CC(c2cnn(C(C)C3CCN(C(=O)OC(C)(C)C)CC3)c2)=C(N)NN1. The van der Waals surface area contributed by atoms with Gasteiger partial charge in [-0.3, -0.25) is 15.5 Å². The molecule has 1 fully saturated rings. The second kappa shape index (κ2) is 11.2. The van der Waals surface area contributed by atoms with Gasteiger partial charge in [0.2, 0.25) is 0 Å². The topological polar surface area (TPSA) is 116 Å². The van der Waals surface area contributed by atoms with Crippen molar-refractivity contribution < 1.29 is 19.0 Å². The van der Waals surface area contributed by atoms with Gasteiger partial charge in [0.25, 0.3) is 0 Å². The van der Waals surface area contributed by atoms with Gasteiger partial charge in [-0.05, 0) is 64.7 Å². The Hall–Kier alpha value is -3.66. The molecule has 4 rings (SSSR count). The summed E-state index contributed by atoms with van der Waals surface area (Å²) < 4.78 is 18.3. The van der Waals surface area contributed by atoms with Crippen LogP contribution >= 0.6 is 0 Å². The molecule has 4 N–H and O–H groups in total. The van der Waals surface area contributed by atoms with Crippen LogP contribution in [-0.2, 0) is 9.47 Å². The van der Waals surface area contributed by atoms with E-state index in [2.05, 4.69) is 22.9 Å². The van der Waals surface area contributed by atoms with Gasteiger partial charge in [-0.1, -0.05) is 12.1 Å². The first kappa shape index (κ1) is 26.4. The number of methoxy groups -OCH3 is 1. The molecule has 200 valence electrons. The van der Waals surface area contributed by atoms with Crippen molar-refractivity contribution in [2.75, 3.05) is 27.0 Å². The number of allylic oxidation sites excluding steroid dienone is 2. The van der Waals surface area contributed by atoms with Crippen LogP contribution in [-0.4, -0.2) is 53.4 Å². The summed E-state index contributed by atoms with van der Waals surface area (Å²) >= 11 is 0. The predicted octanol–water partition coefficient (Wildman–Crippen LogP) is 3.85. The van der Waals surface area contributed by atoms with Crippen molar-refractivity contribution in [1.82, 2.24) is 25.5 Å². The lowest BCUT2D eigenvalue weighted by Crippen LogP contribution is -2.42. The number of rotatable bonds is 7. The molecule has 0 radical (unpaired) electrons. The fourth-order valence-electron chi connectivity index (χ4n) is 4.59. The van der Waals surface area contributed by atoms with Gasteiger partial charge in [-0.2, -0.15) is 5.10 Å². The summed E-state index contributed by atoms with van der Waals surface area (Å²) in [4.78, 5) is 14.2. The van der Waals surface area contributed by atoms with Crippen LogP contribution in [0.5, 0.6) is 5.75 Å². The van der Waals surface area contributed by atoms with Gasteiger partial charge in [0.1, 0.15) is 17.2 Å². The van der Waals surface area contributed by atoms with Crippen LogP contribution in [0.4, 0.5) is 4.79 Å². The molecule has 1 aromatic heterocycles. The van der Waals surface area contributed by atoms with Crippen LogP contribution in [0.1, 0.15) is 57.7 Å². The van der Waals surface area contributed by atoms with Gasteiger partial charge in [0, 0.05) is 43.1 Å². The average Bonchev–Trinajstić information content (AvgIpc) is 3.37. The normalized spacial score (nSPS) is 17.5. The second-order valence-corrected chi connectivity index (χ2v) is 10.4. The van der Waals surface area contributed by atoms with Gasteiger partial charge in [0.05, 0.1) is 17.9 Å². The minimum atomic E-state index is -0.486. The summed E-state index contributed by atoms with van der Waals surface area (Å²) in [5.41, 5.74) is 15.5. The van der Waals surface area contributed by atoms with Crippen LogP contribution < -0.4 is 21.3 Å². The summed E-state index contributed by atoms with van der Waals surface area (Å²) in [5.74, 6) is 1.61. The number of amides is 1. The molecule has 2 aliphatic heterocycles. The Balaban J connectivity index is 1.45. The van der Waals surface area contributed by atoms with E-state index in [0.717, 1.165) is 35.2 Å². The minimum Gasteiger partial charge on any atom is -0.467 e. The maximum atomic E-state index is 12.4. The second-order valence-electron chi connectivity index (χ2n) is 10.4. The van der Waals surface area contributed by atoms with Crippen LogP contribution in [0.3, 0.4) is 0 Å². The number of carbonyl (C=O) groups excluding carboxylic acids is 1. The smallest absolute Gasteiger partial charge is 0.410 e. The molecule has 10 heteroatoms. The van der Waals surface area contributed by atoms with Crippen molar-refractivity contribution in [1.29, 1.82) is 0 Å². The number of piperidine rings is 1. The van der Waals surface area contributed by atoms with Gasteiger partial charge in [-0.15, -0.1) is 0 Å². The minimum absolute atomic E-state index is 0.157. The predicted molar refractivity (Wildman–Crippen MR) is 142 cm³/mol. The highest BCUT2D eigenvalue weighted by molar-refractivity contribution is 5.86. The highest BCUT2D eigenvalue weighted by Gasteiger charge is 2.30. The average molecular weight is 511 g/mol. The third-order valence-corrected chi connectivity index (χ3v) is 6.62. The maximum absolute atomic E-state index is 12.4. The fourth-order valence-corrected chi connectivity index (χ4v) is 4.59. The van der Waals surface area contributed by atoms with Crippen LogP contribution in [0.15, 0.2) is 48.6 Å². The molecule has 37 heavy (non-hydrogen) atoms. The maximum Gasteiger partial charge on any atom is 0.410 e. The summed E-state index contributed by atoms with van der Waals surface area (Å²) in [5, 5.41) is 4.66. The first-order valence-electron chi connectivity index (χ1n) is 12.6. The molecule has 0 saturated carbocycles. The number of benzene rings is 1. The number of hydrazine groups is 1. The van der Waals surface area contributed by atoms with Crippen LogP contribution in [0.25, 0.3) is 11.3 Å². The molecule has 1 atom stereocenters. The van der Waals surface area contributed by atoms with E-state index in [9.17, 15) is 4.79 Å². The molecule has 2 aliphatic rings. The number of hydrogen-bond acceptors (Lipinski definition) is 8. The number of ether oxygens (including phenoxy) is 3. The van der Waals surface area contributed by atoms with Crippen molar-refractivity contribution in [3.63, 3.8) is 0 Å². The zero-order valence-electron chi connectivity index (χ0n) is 22.3. The molecule has 0 aliphatic carbocycles. The van der Waals surface area contributed by atoms with Gasteiger partial charge in [-0.25, -0.2) is 4.79 Å². The molecule has 1 saturated heterocycles. The number of hydrogen-bond donors (Lipinski definition) is 3. The third kappa shape index (κ3) is 6.37. The van der Waals surface area contributed by atoms with E-state index in [4.69, 9.17) is 19.9 Å². The van der Waals surface area contributed by atoms with Crippen molar-refractivity contribution in [3.05, 3.63) is 59.7 Å². The van der Waals surface area contributed by atoms with E-state index in [-0.39, 0.29) is 18.9 Å². The largest absolute Gasteiger partial charge is 0.467 e. The van der Waals surface area contributed by atoms with Gasteiger partial charge >= 0.3 is 6.09 Å². The monoisotopic (exact) mass is 510 g/mol. The summed E-state index contributed by atoms with van der Waals surface area (Å²) in [6.07, 6.45) is 7.41.